The van der Waals surface area contributed by atoms with E-state index in [2.05, 4.69) is 25.5 Å². The van der Waals surface area contributed by atoms with Crippen LogP contribution in [0.2, 0.25) is 0 Å². The molecule has 174 valence electrons. The van der Waals surface area contributed by atoms with E-state index in [1.165, 1.54) is 28.9 Å². The molecule has 2 aromatic heterocycles. The molecule has 4 aromatic rings. The molecule has 2 aromatic carbocycles. The molecule has 2 heterocycles. The van der Waals surface area contributed by atoms with E-state index in [9.17, 15) is 13.6 Å². The van der Waals surface area contributed by atoms with Crippen molar-refractivity contribution in [2.24, 2.45) is 0 Å². The first-order valence-electron chi connectivity index (χ1n) is 10.7. The highest BCUT2D eigenvalue weighted by Gasteiger charge is 2.09. The Morgan fingerprint density at radius 1 is 0.882 bits per heavy atom. The van der Waals surface area contributed by atoms with E-state index in [0.717, 1.165) is 30.3 Å². The largest absolute Gasteiger partial charge is 0.367 e. The Morgan fingerprint density at radius 3 is 2.35 bits per heavy atom. The van der Waals surface area contributed by atoms with Gasteiger partial charge in [0.15, 0.2) is 0 Å². The van der Waals surface area contributed by atoms with E-state index in [4.69, 9.17) is 0 Å². The lowest BCUT2D eigenvalue weighted by atomic mass is 10.1. The molecular formula is C25H24F2N6O. The molecule has 0 unspecified atom stereocenters. The number of likely N-dealkylation sites (N-methyl/N-ethyl adjacent to an activating group) is 1. The van der Waals surface area contributed by atoms with Gasteiger partial charge in [-0.05, 0) is 56.1 Å². The van der Waals surface area contributed by atoms with Crippen LogP contribution < -0.4 is 10.9 Å². The van der Waals surface area contributed by atoms with E-state index in [-0.39, 0.29) is 17.7 Å². The summed E-state index contributed by atoms with van der Waals surface area (Å²) in [5, 5.41) is 16.1. The van der Waals surface area contributed by atoms with E-state index in [1.54, 1.807) is 0 Å². The molecule has 0 aliphatic heterocycles. The third-order valence-corrected chi connectivity index (χ3v) is 5.11. The highest BCUT2D eigenvalue weighted by molar-refractivity contribution is 5.61. The van der Waals surface area contributed by atoms with Crippen molar-refractivity contribution >= 4 is 5.82 Å². The van der Waals surface area contributed by atoms with Crippen LogP contribution in [0.15, 0.2) is 71.5 Å². The monoisotopic (exact) mass is 462 g/mol. The first kappa shape index (κ1) is 23.2. The highest BCUT2D eigenvalue weighted by Crippen LogP contribution is 2.21. The Kier molecular flexibility index (Phi) is 7.03. The Balaban J connectivity index is 1.53. The van der Waals surface area contributed by atoms with Gasteiger partial charge in [0, 0.05) is 36.3 Å². The van der Waals surface area contributed by atoms with Gasteiger partial charge in [-0.3, -0.25) is 4.79 Å². The summed E-state index contributed by atoms with van der Waals surface area (Å²) in [6, 6.07) is 17.3. The van der Waals surface area contributed by atoms with Crippen molar-refractivity contribution in [1.29, 1.82) is 0 Å². The van der Waals surface area contributed by atoms with Crippen molar-refractivity contribution in [2.75, 3.05) is 32.5 Å². The maximum absolute atomic E-state index is 13.6. The fraction of sp³-hybridized carbons (Fsp3) is 0.200. The third-order valence-electron chi connectivity index (χ3n) is 5.11. The second kappa shape index (κ2) is 10.3. The summed E-state index contributed by atoms with van der Waals surface area (Å²) < 4.78 is 28.5. The molecule has 7 nitrogen and oxygen atoms in total. The van der Waals surface area contributed by atoms with E-state index >= 15 is 0 Å². The fourth-order valence-electron chi connectivity index (χ4n) is 3.41. The minimum absolute atomic E-state index is 0.190. The van der Waals surface area contributed by atoms with Crippen LogP contribution in [0.3, 0.4) is 0 Å². The standard InChI is InChI=1S/C25H24F2N6O/c1-32(2)11-10-28-24-8-6-22(29-30-24)18-5-3-4-17(12-18)16-33-25(34)9-7-23(31-33)19-13-20(26)15-21(27)14-19/h3-9,12-15H,10-11,16H2,1-2H3,(H,28,30). The third kappa shape index (κ3) is 5.87. The van der Waals surface area contributed by atoms with Gasteiger partial charge in [-0.1, -0.05) is 18.2 Å². The lowest BCUT2D eigenvalue weighted by Crippen LogP contribution is -2.22. The number of aromatic nitrogens is 4. The molecule has 0 fully saturated rings. The van der Waals surface area contributed by atoms with Crippen molar-refractivity contribution in [1.82, 2.24) is 24.9 Å². The van der Waals surface area contributed by atoms with Crippen LogP contribution in [-0.4, -0.2) is 52.1 Å². The minimum atomic E-state index is -0.706. The summed E-state index contributed by atoms with van der Waals surface area (Å²) in [6.45, 7) is 1.84. The molecular weight excluding hydrogens is 438 g/mol. The predicted molar refractivity (Wildman–Crippen MR) is 127 cm³/mol. The summed E-state index contributed by atoms with van der Waals surface area (Å²) in [6.07, 6.45) is 0. The minimum Gasteiger partial charge on any atom is -0.367 e. The number of rotatable bonds is 8. The zero-order chi connectivity index (χ0) is 24.1. The molecule has 0 spiro atoms. The number of hydrogen-bond acceptors (Lipinski definition) is 6. The molecule has 0 amide bonds. The lowest BCUT2D eigenvalue weighted by molar-refractivity contribution is 0.425. The van der Waals surface area contributed by atoms with Gasteiger partial charge in [-0.25, -0.2) is 13.5 Å². The molecule has 0 saturated carbocycles. The smallest absolute Gasteiger partial charge is 0.267 e. The lowest BCUT2D eigenvalue weighted by Gasteiger charge is -2.11. The average molecular weight is 463 g/mol. The molecule has 0 aliphatic carbocycles. The van der Waals surface area contributed by atoms with Crippen LogP contribution in [0.5, 0.6) is 0 Å². The molecule has 34 heavy (non-hydrogen) atoms. The summed E-state index contributed by atoms with van der Waals surface area (Å²) >= 11 is 0. The number of nitrogens with zero attached hydrogens (tertiary/aromatic N) is 5. The van der Waals surface area contributed by atoms with Gasteiger partial charge in [-0.2, -0.15) is 5.10 Å². The van der Waals surface area contributed by atoms with Crippen LogP contribution in [0, 0.1) is 11.6 Å². The Hall–Kier alpha value is -3.98. The van der Waals surface area contributed by atoms with Crippen LogP contribution in [0.4, 0.5) is 14.6 Å². The van der Waals surface area contributed by atoms with E-state index in [1.807, 2.05) is 50.5 Å². The summed E-state index contributed by atoms with van der Waals surface area (Å²) in [4.78, 5) is 14.5. The zero-order valence-electron chi connectivity index (χ0n) is 18.9. The normalized spacial score (nSPS) is 11.1. The number of halogens is 2. The molecule has 0 saturated heterocycles. The van der Waals surface area contributed by atoms with Gasteiger partial charge in [0.2, 0.25) is 0 Å². The van der Waals surface area contributed by atoms with Crippen molar-refractivity contribution in [2.45, 2.75) is 6.54 Å². The van der Waals surface area contributed by atoms with Crippen LogP contribution in [0.25, 0.3) is 22.5 Å². The maximum Gasteiger partial charge on any atom is 0.267 e. The second-order valence-corrected chi connectivity index (χ2v) is 8.11. The molecule has 4 rings (SSSR count). The number of anilines is 1. The Labute approximate surface area is 195 Å². The highest BCUT2D eigenvalue weighted by atomic mass is 19.1. The van der Waals surface area contributed by atoms with Crippen molar-refractivity contribution in [3.63, 3.8) is 0 Å². The molecule has 0 atom stereocenters. The molecule has 9 heteroatoms. The van der Waals surface area contributed by atoms with Crippen molar-refractivity contribution in [3.8, 4) is 22.5 Å². The first-order chi connectivity index (χ1) is 16.4. The Bertz CT molecular complexity index is 1320. The fourth-order valence-corrected chi connectivity index (χ4v) is 3.41. The second-order valence-electron chi connectivity index (χ2n) is 8.11. The summed E-state index contributed by atoms with van der Waals surface area (Å²) in [5.41, 5.74) is 2.61. The van der Waals surface area contributed by atoms with E-state index in [0.29, 0.717) is 17.2 Å². The molecule has 0 radical (unpaired) electrons. The van der Waals surface area contributed by atoms with Gasteiger partial charge in [0.1, 0.15) is 17.5 Å². The molecule has 1 N–H and O–H groups in total. The number of hydrogen-bond donors (Lipinski definition) is 1. The van der Waals surface area contributed by atoms with Crippen LogP contribution in [0.1, 0.15) is 5.56 Å². The maximum atomic E-state index is 13.6. The number of nitrogens with one attached hydrogen (secondary N) is 1. The van der Waals surface area contributed by atoms with E-state index < -0.39 is 11.6 Å². The topological polar surface area (TPSA) is 75.9 Å². The van der Waals surface area contributed by atoms with Gasteiger partial charge in [0.25, 0.3) is 5.56 Å². The summed E-state index contributed by atoms with van der Waals surface area (Å²) in [5.74, 6) is -0.715. The van der Waals surface area contributed by atoms with Gasteiger partial charge >= 0.3 is 0 Å². The average Bonchev–Trinajstić information content (AvgIpc) is 2.80. The zero-order valence-corrected chi connectivity index (χ0v) is 18.9. The summed E-state index contributed by atoms with van der Waals surface area (Å²) in [7, 11) is 4.01. The van der Waals surface area contributed by atoms with Gasteiger partial charge in [-0.15, -0.1) is 10.2 Å². The van der Waals surface area contributed by atoms with Gasteiger partial charge < -0.3 is 10.2 Å². The SMILES string of the molecule is CN(C)CCNc1ccc(-c2cccc(Cn3nc(-c4cc(F)cc(F)c4)ccc3=O)c2)nn1. The van der Waals surface area contributed by atoms with Gasteiger partial charge in [0.05, 0.1) is 17.9 Å². The Morgan fingerprint density at radius 2 is 1.65 bits per heavy atom. The van der Waals surface area contributed by atoms with Crippen molar-refractivity contribution < 1.29 is 8.78 Å². The first-order valence-corrected chi connectivity index (χ1v) is 10.7. The molecule has 0 aliphatic rings. The van der Waals surface area contributed by atoms with Crippen LogP contribution >= 0.6 is 0 Å². The predicted octanol–water partition coefficient (Wildman–Crippen LogP) is 3.67. The molecule has 0 bridgehead atoms. The van der Waals surface area contributed by atoms with Crippen LogP contribution in [-0.2, 0) is 6.54 Å². The van der Waals surface area contributed by atoms with Crippen molar-refractivity contribution in [3.05, 3.63) is 94.3 Å². The number of benzene rings is 2. The quantitative estimate of drug-likeness (QED) is 0.431.